The largest absolute Gasteiger partial charge is 0.375 e. The van der Waals surface area contributed by atoms with Gasteiger partial charge in [-0.3, -0.25) is 4.90 Å². The van der Waals surface area contributed by atoms with E-state index < -0.39 is 7.14 Å². The van der Waals surface area contributed by atoms with Crippen LogP contribution < -0.4 is 20.8 Å². The average Bonchev–Trinajstić information content (AvgIpc) is 3.40. The molecule has 7 heteroatoms. The summed E-state index contributed by atoms with van der Waals surface area (Å²) in [5.74, 6) is 1.29. The number of benzene rings is 1. The molecule has 28 heavy (non-hydrogen) atoms. The maximum Gasteiger partial charge on any atom is 0.229 e. The number of aromatic nitrogens is 2. The Morgan fingerprint density at radius 2 is 1.89 bits per heavy atom. The molecule has 6 nitrogen and oxygen atoms in total. The monoisotopic (exact) mass is 389 g/mol. The molecule has 0 fully saturated rings. The van der Waals surface area contributed by atoms with Crippen LogP contribution in [0.5, 0.6) is 0 Å². The molecule has 1 aromatic heterocycles. The Labute approximate surface area is 164 Å². The van der Waals surface area contributed by atoms with E-state index in [9.17, 15) is 4.57 Å². The predicted molar refractivity (Wildman–Crippen MR) is 115 cm³/mol. The fourth-order valence-electron chi connectivity index (χ4n) is 2.92. The van der Waals surface area contributed by atoms with Crippen LogP contribution in [0.25, 0.3) is 0 Å². The lowest BCUT2D eigenvalue weighted by molar-refractivity contribution is 0.588. The van der Waals surface area contributed by atoms with Gasteiger partial charge in [-0.15, -0.1) is 6.58 Å². The molecule has 0 radical (unpaired) electrons. The third-order valence-corrected chi connectivity index (χ3v) is 5.83. The maximum atomic E-state index is 12.6. The van der Waals surface area contributed by atoms with Gasteiger partial charge in [0.15, 0.2) is 5.82 Å². The number of fused-ring (bicyclic) bond motifs is 1. The van der Waals surface area contributed by atoms with Crippen molar-refractivity contribution in [3.05, 3.63) is 67.4 Å². The van der Waals surface area contributed by atoms with Crippen molar-refractivity contribution in [2.24, 2.45) is 0 Å². The van der Waals surface area contributed by atoms with Gasteiger partial charge in [0.05, 0.1) is 23.3 Å². The zero-order chi connectivity index (χ0) is 19.7. The van der Waals surface area contributed by atoms with Crippen LogP contribution in [0.15, 0.2) is 55.3 Å². The van der Waals surface area contributed by atoms with Crippen molar-refractivity contribution in [1.29, 1.82) is 0 Å². The Hall–Kier alpha value is -3.29. The highest BCUT2D eigenvalue weighted by Gasteiger charge is 2.36. The van der Waals surface area contributed by atoms with Crippen molar-refractivity contribution >= 4 is 47.0 Å². The second-order valence-electron chi connectivity index (χ2n) is 6.78. The molecule has 0 saturated carbocycles. The van der Waals surface area contributed by atoms with Crippen molar-refractivity contribution in [1.82, 2.24) is 9.97 Å². The van der Waals surface area contributed by atoms with Gasteiger partial charge in [0, 0.05) is 11.8 Å². The van der Waals surface area contributed by atoms with Crippen LogP contribution in [-0.4, -0.2) is 29.8 Å². The highest BCUT2D eigenvalue weighted by Crippen LogP contribution is 2.53. The van der Waals surface area contributed by atoms with Crippen LogP contribution in [0.4, 0.5) is 34.5 Å². The molecule has 2 aromatic carbocycles. The summed E-state index contributed by atoms with van der Waals surface area (Å²) >= 11 is 0. The van der Waals surface area contributed by atoms with E-state index in [1.807, 2.05) is 41.3 Å². The third kappa shape index (κ3) is 3.58. The minimum atomic E-state index is -2.40. The van der Waals surface area contributed by atoms with Gasteiger partial charge in [0.2, 0.25) is 5.95 Å². The topological polar surface area (TPSA) is 69.9 Å². The van der Waals surface area contributed by atoms with Gasteiger partial charge in [-0.1, -0.05) is 18.2 Å². The lowest BCUT2D eigenvalue weighted by Gasteiger charge is -2.13. The van der Waals surface area contributed by atoms with Crippen LogP contribution in [-0.2, 0) is 4.57 Å². The Kier molecular flexibility index (Phi) is 4.54. The van der Waals surface area contributed by atoms with Gasteiger partial charge >= 0.3 is 0 Å². The van der Waals surface area contributed by atoms with Gasteiger partial charge in [0.1, 0.15) is 12.8 Å². The number of nitrogens with one attached hydrogen (secondary N) is 2. The molecule has 1 aliphatic rings. The van der Waals surface area contributed by atoms with E-state index in [1.165, 1.54) is 0 Å². The Bertz CT molecular complexity index is 1070. The Balaban J connectivity index is 1.52. The van der Waals surface area contributed by atoms with Crippen LogP contribution in [0, 0.1) is 12.1 Å². The molecule has 0 amide bonds. The first kappa shape index (κ1) is 18.1. The molecule has 0 bridgehead atoms. The standard InChI is InChI=1S/C21H20N5OP/c1-4-13-22-15-9-11-16(12-10-15)24-21-23-14-18-20(25-21)26(18)17-7-5-6-8-19(17)28(2,3)27/h4-9,11,14,22H,1,13H2,2-3H3,(H,23,24,25). The highest BCUT2D eigenvalue weighted by atomic mass is 31.2. The lowest BCUT2D eigenvalue weighted by Crippen LogP contribution is -2.09. The Morgan fingerprint density at radius 3 is 2.61 bits per heavy atom. The summed E-state index contributed by atoms with van der Waals surface area (Å²) in [5, 5.41) is 7.13. The summed E-state index contributed by atoms with van der Waals surface area (Å²) in [6, 6.07) is 17.6. The number of para-hydroxylation sites is 1. The third-order valence-electron chi connectivity index (χ3n) is 4.29. The quantitative estimate of drug-likeness (QED) is 0.276. The minimum Gasteiger partial charge on any atom is -0.375 e. The SMILES string of the molecule is C=CCNc1c#cc(Nc2ncc3c(n2)N3c2ccccc2P(C)(C)=O)cc1. The first-order valence-corrected chi connectivity index (χ1v) is 11.4. The molecule has 0 atom stereocenters. The average molecular weight is 389 g/mol. The van der Waals surface area contributed by atoms with Crippen LogP contribution >= 0.6 is 7.14 Å². The lowest BCUT2D eigenvalue weighted by atomic mass is 10.3. The number of hydrogen-bond acceptors (Lipinski definition) is 6. The van der Waals surface area contributed by atoms with Gasteiger partial charge in [-0.2, -0.15) is 4.98 Å². The van der Waals surface area contributed by atoms with Crippen LogP contribution in [0.2, 0.25) is 0 Å². The zero-order valence-electron chi connectivity index (χ0n) is 15.7. The second-order valence-corrected chi connectivity index (χ2v) is 9.97. The molecule has 0 saturated heterocycles. The first-order chi connectivity index (χ1) is 13.5. The predicted octanol–water partition coefficient (Wildman–Crippen LogP) is 4.45. The van der Waals surface area contributed by atoms with E-state index in [2.05, 4.69) is 39.3 Å². The molecule has 140 valence electrons. The molecule has 2 N–H and O–H groups in total. The number of rotatable bonds is 7. The molecular weight excluding hydrogens is 369 g/mol. The molecule has 4 rings (SSSR count). The van der Waals surface area contributed by atoms with Crippen LogP contribution in [0.1, 0.15) is 0 Å². The molecule has 0 spiro atoms. The maximum absolute atomic E-state index is 12.6. The second kappa shape index (κ2) is 7.03. The molecule has 2 heterocycles. The van der Waals surface area contributed by atoms with E-state index in [4.69, 9.17) is 0 Å². The van der Waals surface area contributed by atoms with E-state index in [0.29, 0.717) is 12.5 Å². The van der Waals surface area contributed by atoms with Gasteiger partial charge in [-0.25, -0.2) is 4.98 Å². The van der Waals surface area contributed by atoms with E-state index in [0.717, 1.165) is 33.9 Å². The summed E-state index contributed by atoms with van der Waals surface area (Å²) in [4.78, 5) is 10.9. The molecule has 1 aliphatic heterocycles. The zero-order valence-corrected chi connectivity index (χ0v) is 16.6. The van der Waals surface area contributed by atoms with Crippen molar-refractivity contribution in [2.45, 2.75) is 0 Å². The molecule has 3 aromatic rings. The summed E-state index contributed by atoms with van der Waals surface area (Å²) < 4.78 is 12.6. The smallest absolute Gasteiger partial charge is 0.229 e. The van der Waals surface area contributed by atoms with Crippen molar-refractivity contribution in [3.63, 3.8) is 0 Å². The summed E-state index contributed by atoms with van der Waals surface area (Å²) in [6.45, 7) is 7.90. The fourth-order valence-corrected chi connectivity index (χ4v) is 4.09. The van der Waals surface area contributed by atoms with Gasteiger partial charge < -0.3 is 15.2 Å². The number of nitrogens with zero attached hydrogens (tertiary/aromatic N) is 3. The number of anilines is 6. The number of hydrogen-bond donors (Lipinski definition) is 2. The normalized spacial score (nSPS) is 12.0. The van der Waals surface area contributed by atoms with Crippen molar-refractivity contribution in [2.75, 3.05) is 35.4 Å². The summed E-state index contributed by atoms with van der Waals surface area (Å²) in [7, 11) is -2.40. The van der Waals surface area contributed by atoms with Crippen LogP contribution in [0.3, 0.4) is 0 Å². The van der Waals surface area contributed by atoms with E-state index in [1.54, 1.807) is 25.6 Å². The van der Waals surface area contributed by atoms with Gasteiger partial charge in [0.25, 0.3) is 0 Å². The molecule has 0 aliphatic carbocycles. The summed E-state index contributed by atoms with van der Waals surface area (Å²) in [5.41, 5.74) is 3.39. The van der Waals surface area contributed by atoms with Crippen molar-refractivity contribution < 1.29 is 4.57 Å². The summed E-state index contributed by atoms with van der Waals surface area (Å²) in [6.07, 6.45) is 3.55. The van der Waals surface area contributed by atoms with E-state index >= 15 is 0 Å². The minimum absolute atomic E-state index is 0.478. The Morgan fingerprint density at radius 1 is 1.14 bits per heavy atom. The molecular formula is C21H20N5OP. The fraction of sp³-hybridized carbons (Fsp3) is 0.143. The highest BCUT2D eigenvalue weighted by molar-refractivity contribution is 7.70. The van der Waals surface area contributed by atoms with Crippen molar-refractivity contribution in [3.8, 4) is 0 Å². The van der Waals surface area contributed by atoms with E-state index in [-0.39, 0.29) is 0 Å². The molecule has 0 unspecified atom stereocenters. The first-order valence-electron chi connectivity index (χ1n) is 8.85. The van der Waals surface area contributed by atoms with Gasteiger partial charge in [-0.05, 0) is 49.7 Å².